The van der Waals surface area contributed by atoms with Gasteiger partial charge in [-0.1, -0.05) is 59.7 Å². The molecule has 1 atom stereocenters. The van der Waals surface area contributed by atoms with Crippen molar-refractivity contribution in [2.75, 3.05) is 0 Å². The third kappa shape index (κ3) is 3.75. The van der Waals surface area contributed by atoms with E-state index in [1.54, 1.807) is 0 Å². The van der Waals surface area contributed by atoms with Crippen LogP contribution in [0.5, 0.6) is 5.75 Å². The Balaban J connectivity index is 2.15. The van der Waals surface area contributed by atoms with Gasteiger partial charge >= 0.3 is 0 Å². The van der Waals surface area contributed by atoms with Crippen LogP contribution in [0.4, 0.5) is 0 Å². The summed E-state index contributed by atoms with van der Waals surface area (Å²) < 4.78 is 6.67. The SMILES string of the molecule is CC=C(C)CCC(=C(C)C)C1(c2ccccc2)CC(=O)c2ccccc2O1. The summed E-state index contributed by atoms with van der Waals surface area (Å²) >= 11 is 0. The second-order valence-electron chi connectivity index (χ2n) is 7.50. The van der Waals surface area contributed by atoms with Gasteiger partial charge in [-0.25, -0.2) is 0 Å². The van der Waals surface area contributed by atoms with Gasteiger partial charge in [0.25, 0.3) is 0 Å². The van der Waals surface area contributed by atoms with Crippen molar-refractivity contribution in [1.82, 2.24) is 0 Å². The Kier molecular flexibility index (Phi) is 5.65. The van der Waals surface area contributed by atoms with Gasteiger partial charge in [0.1, 0.15) is 5.75 Å². The molecule has 1 heterocycles. The Morgan fingerprint density at radius 3 is 2.33 bits per heavy atom. The number of ether oxygens (including phenoxy) is 1. The Bertz CT molecular complexity index is 886. The number of hydrogen-bond acceptors (Lipinski definition) is 2. The highest BCUT2D eigenvalue weighted by Gasteiger charge is 2.45. The molecule has 2 aromatic rings. The third-order valence-electron chi connectivity index (χ3n) is 5.47. The molecule has 0 bridgehead atoms. The number of carbonyl (C=O) groups excluding carboxylic acids is 1. The van der Waals surface area contributed by atoms with Gasteiger partial charge in [-0.05, 0) is 58.2 Å². The van der Waals surface area contributed by atoms with Gasteiger partial charge in [0.2, 0.25) is 0 Å². The maximum atomic E-state index is 13.1. The maximum Gasteiger partial charge on any atom is 0.171 e. The fourth-order valence-corrected chi connectivity index (χ4v) is 3.86. The van der Waals surface area contributed by atoms with E-state index in [-0.39, 0.29) is 5.78 Å². The summed E-state index contributed by atoms with van der Waals surface area (Å²) in [6.45, 7) is 8.47. The summed E-state index contributed by atoms with van der Waals surface area (Å²) in [5, 5.41) is 0. The molecule has 0 spiro atoms. The van der Waals surface area contributed by atoms with Crippen LogP contribution in [0.25, 0.3) is 0 Å². The molecule has 0 aliphatic carbocycles. The Hall–Kier alpha value is -2.61. The monoisotopic (exact) mass is 360 g/mol. The van der Waals surface area contributed by atoms with E-state index in [9.17, 15) is 4.79 Å². The average Bonchev–Trinajstić information content (AvgIpc) is 2.68. The number of carbonyl (C=O) groups is 1. The Morgan fingerprint density at radius 1 is 1.00 bits per heavy atom. The lowest BCUT2D eigenvalue weighted by Gasteiger charge is -2.41. The summed E-state index contributed by atoms with van der Waals surface area (Å²) in [4.78, 5) is 13.1. The fourth-order valence-electron chi connectivity index (χ4n) is 3.86. The Labute approximate surface area is 162 Å². The molecule has 1 aliphatic heterocycles. The van der Waals surface area contributed by atoms with E-state index >= 15 is 0 Å². The smallest absolute Gasteiger partial charge is 0.171 e. The summed E-state index contributed by atoms with van der Waals surface area (Å²) in [6, 6.07) is 17.8. The van der Waals surface area contributed by atoms with Crippen molar-refractivity contribution in [1.29, 1.82) is 0 Å². The van der Waals surface area contributed by atoms with E-state index in [1.165, 1.54) is 16.7 Å². The van der Waals surface area contributed by atoms with Crippen molar-refractivity contribution in [2.24, 2.45) is 0 Å². The molecule has 0 fully saturated rings. The molecule has 1 unspecified atom stereocenters. The van der Waals surface area contributed by atoms with E-state index in [0.717, 1.165) is 18.4 Å². The zero-order valence-electron chi connectivity index (χ0n) is 16.7. The molecular formula is C25H28O2. The second-order valence-corrected chi connectivity index (χ2v) is 7.50. The molecule has 0 aromatic heterocycles. The molecule has 27 heavy (non-hydrogen) atoms. The van der Waals surface area contributed by atoms with Crippen LogP contribution in [0.3, 0.4) is 0 Å². The van der Waals surface area contributed by atoms with Crippen molar-refractivity contribution in [3.63, 3.8) is 0 Å². The highest BCUT2D eigenvalue weighted by atomic mass is 16.5. The van der Waals surface area contributed by atoms with E-state index < -0.39 is 5.60 Å². The van der Waals surface area contributed by atoms with Gasteiger partial charge in [0.05, 0.1) is 12.0 Å². The van der Waals surface area contributed by atoms with Gasteiger partial charge in [-0.3, -0.25) is 4.79 Å². The van der Waals surface area contributed by atoms with Gasteiger partial charge in [-0.2, -0.15) is 0 Å². The van der Waals surface area contributed by atoms with Crippen LogP contribution < -0.4 is 4.74 Å². The number of rotatable bonds is 5. The lowest BCUT2D eigenvalue weighted by molar-refractivity contribution is 0.0575. The van der Waals surface area contributed by atoms with Gasteiger partial charge < -0.3 is 4.74 Å². The molecule has 0 radical (unpaired) electrons. The summed E-state index contributed by atoms with van der Waals surface area (Å²) in [5.74, 6) is 0.821. The first-order chi connectivity index (χ1) is 13.0. The normalized spacial score (nSPS) is 19.3. The van der Waals surface area contributed by atoms with E-state index in [4.69, 9.17) is 4.74 Å². The number of ketones is 1. The summed E-state index contributed by atoms with van der Waals surface area (Å²) in [6.07, 6.45) is 4.33. The topological polar surface area (TPSA) is 26.3 Å². The van der Waals surface area contributed by atoms with Crippen molar-refractivity contribution >= 4 is 5.78 Å². The number of para-hydroxylation sites is 1. The fraction of sp³-hybridized carbons (Fsp3) is 0.320. The van der Waals surface area contributed by atoms with E-state index in [0.29, 0.717) is 17.7 Å². The minimum Gasteiger partial charge on any atom is -0.477 e. The van der Waals surface area contributed by atoms with Gasteiger partial charge in [0, 0.05) is 5.56 Å². The van der Waals surface area contributed by atoms with Crippen LogP contribution in [0.2, 0.25) is 0 Å². The molecule has 0 amide bonds. The van der Waals surface area contributed by atoms with Crippen molar-refractivity contribution < 1.29 is 9.53 Å². The minimum atomic E-state index is -0.737. The first-order valence-corrected chi connectivity index (χ1v) is 9.63. The highest BCUT2D eigenvalue weighted by Crippen LogP contribution is 2.46. The summed E-state index contributed by atoms with van der Waals surface area (Å²) in [5.41, 5.74) is 4.76. The van der Waals surface area contributed by atoms with E-state index in [2.05, 4.69) is 45.9 Å². The predicted molar refractivity (Wildman–Crippen MR) is 111 cm³/mol. The maximum absolute atomic E-state index is 13.1. The van der Waals surface area contributed by atoms with Crippen LogP contribution >= 0.6 is 0 Å². The third-order valence-corrected chi connectivity index (χ3v) is 5.47. The molecule has 3 rings (SSSR count). The molecular weight excluding hydrogens is 332 g/mol. The van der Waals surface area contributed by atoms with Crippen molar-refractivity contribution in [3.05, 3.63) is 88.5 Å². The number of hydrogen-bond donors (Lipinski definition) is 0. The molecule has 1 aliphatic rings. The average molecular weight is 360 g/mol. The molecule has 0 saturated carbocycles. The molecule has 0 saturated heterocycles. The van der Waals surface area contributed by atoms with Gasteiger partial charge in [-0.15, -0.1) is 0 Å². The van der Waals surface area contributed by atoms with Crippen LogP contribution in [0.15, 0.2) is 77.4 Å². The zero-order chi connectivity index (χ0) is 19.4. The molecule has 2 heteroatoms. The van der Waals surface area contributed by atoms with E-state index in [1.807, 2.05) is 42.5 Å². The van der Waals surface area contributed by atoms with Crippen molar-refractivity contribution in [2.45, 2.75) is 52.6 Å². The first-order valence-electron chi connectivity index (χ1n) is 9.63. The molecule has 0 N–H and O–H groups in total. The standard InChI is InChI=1S/C25H28O2/c1-5-19(4)15-16-22(18(2)3)25(20-11-7-6-8-12-20)17-23(26)21-13-9-10-14-24(21)27-25/h5-14H,15-17H2,1-4H3. The predicted octanol–water partition coefficient (Wildman–Crippen LogP) is 6.63. The number of benzene rings is 2. The van der Waals surface area contributed by atoms with Crippen molar-refractivity contribution in [3.8, 4) is 5.75 Å². The van der Waals surface area contributed by atoms with Crippen LogP contribution in [-0.2, 0) is 5.60 Å². The first kappa shape index (κ1) is 19.2. The highest BCUT2D eigenvalue weighted by molar-refractivity contribution is 6.00. The molecule has 140 valence electrons. The van der Waals surface area contributed by atoms with Crippen LogP contribution in [0.1, 0.15) is 62.9 Å². The molecule has 2 aromatic carbocycles. The van der Waals surface area contributed by atoms with Crippen LogP contribution in [0, 0.1) is 0 Å². The summed E-state index contributed by atoms with van der Waals surface area (Å²) in [7, 11) is 0. The van der Waals surface area contributed by atoms with Gasteiger partial charge in [0.15, 0.2) is 11.4 Å². The number of allylic oxidation sites excluding steroid dienone is 3. The number of fused-ring (bicyclic) bond motifs is 1. The lowest BCUT2D eigenvalue weighted by atomic mass is 9.75. The van der Waals surface area contributed by atoms with Crippen LogP contribution in [-0.4, -0.2) is 5.78 Å². The quantitative estimate of drug-likeness (QED) is 0.559. The largest absolute Gasteiger partial charge is 0.477 e. The molecule has 2 nitrogen and oxygen atoms in total. The lowest BCUT2D eigenvalue weighted by Crippen LogP contribution is -2.41. The minimum absolute atomic E-state index is 0.141. The number of Topliss-reactive ketones (excluding diaryl/α,β-unsaturated/α-hetero) is 1. The zero-order valence-corrected chi connectivity index (χ0v) is 16.7. The second kappa shape index (κ2) is 7.96. The Morgan fingerprint density at radius 2 is 1.67 bits per heavy atom.